The number of hydrogen-bond donors (Lipinski definition) is 12. The molecular formula is C97H56N4O16S16. The van der Waals surface area contributed by atoms with Gasteiger partial charge in [-0.1, -0.05) is 0 Å². The molecule has 20 nitrogen and oxygen atoms in total. The number of carboxylic acid groups (broad SMARTS) is 8. The number of rotatable bonds is 28. The maximum atomic E-state index is 12.7. The minimum atomic E-state index is -1.92. The molecule has 0 aliphatic carbocycles. The highest BCUT2D eigenvalue weighted by Crippen LogP contribution is 2.60. The molecule has 0 aliphatic heterocycles. The third-order valence-electron chi connectivity index (χ3n) is 21.9. The Labute approximate surface area is 816 Å². The fourth-order valence-corrected chi connectivity index (χ4v) is 31.5. The van der Waals surface area contributed by atoms with E-state index in [-0.39, 0.29) is 39.0 Å². The summed E-state index contributed by atoms with van der Waals surface area (Å²) in [6.07, 6.45) is 0. The van der Waals surface area contributed by atoms with Crippen LogP contribution in [0.1, 0.15) is 99.6 Å². The number of nitrogen functional groups attached to an aromatic ring is 4. The SMILES string of the molecule is Nc1c(-c2ccc(-c3ccc(C(=O)O)s3)s2)cc(C(c2cc(-c3ccc(-c4ccc(C(=O)O)s4)s3)c(N)c(-c3ccc(-c4ccc(C(=O)O)s4)s3)c2)(c2cc(-c3ccc(-c4ccc(C(=O)O)s4)s3)c(N)c(-c3ccc(-c4ccc(C(=O)O)s4)s3)c2)c2cc(-c3ccc(-c4ccc(C(=O)O)s4)s3)c(N)c(-c3ccc(-c4ccc(C(=O)O)s4)s3)c2)cc1-c1ccc(-c2ccc(C(=O)O)s2)s1. The third kappa shape index (κ3) is 16.4. The summed E-state index contributed by atoms with van der Waals surface area (Å²) in [5.74, 6) is -8.83. The maximum absolute atomic E-state index is 12.7. The van der Waals surface area contributed by atoms with Crippen molar-refractivity contribution in [3.8, 4) is 162 Å². The van der Waals surface area contributed by atoms with Crippen molar-refractivity contribution in [2.75, 3.05) is 22.9 Å². The van der Waals surface area contributed by atoms with Gasteiger partial charge in [0.05, 0.1) is 5.41 Å². The molecule has 0 spiro atoms. The van der Waals surface area contributed by atoms with Crippen LogP contribution in [-0.4, -0.2) is 88.6 Å². The molecule has 0 fully saturated rings. The van der Waals surface area contributed by atoms with Gasteiger partial charge < -0.3 is 63.8 Å². The highest BCUT2D eigenvalue weighted by atomic mass is 32.2. The Morgan fingerprint density at radius 1 is 0.158 bits per heavy atom. The average molecular weight is 2050 g/mol. The summed E-state index contributed by atoms with van der Waals surface area (Å²) in [6.45, 7) is 0. The van der Waals surface area contributed by atoms with Crippen LogP contribution >= 0.6 is 181 Å². The van der Waals surface area contributed by atoms with Crippen LogP contribution < -0.4 is 22.9 Å². The molecule has 0 amide bonds. The zero-order chi connectivity index (χ0) is 92.4. The Morgan fingerprint density at radius 2 is 0.256 bits per heavy atom. The molecule has 4 aromatic carbocycles. The second-order valence-corrected chi connectivity index (χ2v) is 47.1. The molecule has 16 N–H and O–H groups in total. The number of thiophene rings is 16. The molecule has 20 aromatic rings. The molecule has 16 aromatic heterocycles. The van der Waals surface area contributed by atoms with Crippen molar-refractivity contribution in [3.63, 3.8) is 0 Å². The minimum absolute atomic E-state index is 0.112. The van der Waals surface area contributed by atoms with Gasteiger partial charge in [-0.25, -0.2) is 38.4 Å². The number of anilines is 4. The van der Waals surface area contributed by atoms with E-state index in [1.54, 1.807) is 97.1 Å². The second kappa shape index (κ2) is 35.2. The fraction of sp³-hybridized carbons (Fsp3) is 0.0103. The Morgan fingerprint density at radius 3 is 0.361 bits per heavy atom. The smallest absolute Gasteiger partial charge is 0.345 e. The van der Waals surface area contributed by atoms with Crippen molar-refractivity contribution >= 4 is 252 Å². The van der Waals surface area contributed by atoms with Gasteiger partial charge in [-0.2, -0.15) is 0 Å². The number of carbonyl (C=O) groups is 8. The first-order valence-electron chi connectivity index (χ1n) is 39.3. The largest absolute Gasteiger partial charge is 0.477 e. The summed E-state index contributed by atoms with van der Waals surface area (Å²) in [4.78, 5) is 119. The molecule has 0 atom stereocenters. The predicted octanol–water partition coefficient (Wildman–Crippen LogP) is 29.6. The van der Waals surface area contributed by atoms with E-state index in [1.165, 1.54) is 90.7 Å². The Bertz CT molecular complexity index is 6800. The zero-order valence-corrected chi connectivity index (χ0v) is 80.3. The lowest BCUT2D eigenvalue weighted by Crippen LogP contribution is -2.32. The molecule has 0 saturated carbocycles. The molecule has 656 valence electrons. The molecule has 0 unspecified atom stereocenters. The molecule has 20 rings (SSSR count). The van der Waals surface area contributed by atoms with Crippen LogP contribution in [0.3, 0.4) is 0 Å². The molecular weight excluding hydrogens is 1990 g/mol. The van der Waals surface area contributed by atoms with Gasteiger partial charge in [0.25, 0.3) is 0 Å². The normalized spacial score (nSPS) is 11.6. The van der Waals surface area contributed by atoms with Crippen LogP contribution in [0.2, 0.25) is 0 Å². The number of carboxylic acids is 8. The van der Waals surface area contributed by atoms with Crippen molar-refractivity contribution in [2.24, 2.45) is 0 Å². The molecule has 0 bridgehead atoms. The van der Waals surface area contributed by atoms with Crippen molar-refractivity contribution < 1.29 is 79.2 Å². The summed E-state index contributed by atoms with van der Waals surface area (Å²) < 4.78 is 0. The number of hydrogen-bond acceptors (Lipinski definition) is 28. The second-order valence-electron chi connectivity index (χ2n) is 29.8. The van der Waals surface area contributed by atoms with Crippen molar-refractivity contribution in [2.45, 2.75) is 5.41 Å². The topological polar surface area (TPSA) is 402 Å². The highest BCUT2D eigenvalue weighted by Gasteiger charge is 2.44. The van der Waals surface area contributed by atoms with E-state index in [2.05, 4.69) is 48.5 Å². The van der Waals surface area contributed by atoms with E-state index in [0.717, 1.165) is 90.7 Å². The van der Waals surface area contributed by atoms with Gasteiger partial charge in [0.2, 0.25) is 0 Å². The van der Waals surface area contributed by atoms with E-state index in [0.29, 0.717) is 207 Å². The standard InChI is InChI=1S/C97H56N4O16S16/c98-85-45(53-1-9-61(118-53)69-17-25-77(126-69)89(102)103)33-41(34-46(85)54-2-10-62(119-54)70-18-26-78(127-70)90(104)105)97(42-35-47(55-3-11-63(120-55)71-19-27-79(128-71)91(106)107)86(99)48(36-42)56-4-12-64(121-56)72-20-28-80(129-72)92(108)109,43-37-49(57-5-13-65(122-57)73-21-29-81(130-73)93(110)111)87(100)50(38-43)58-6-14-66(123-58)74-22-30-82(131-74)94(112)113)44-39-51(59-7-15-67(124-59)75-23-31-83(132-75)95(114)115)88(101)52(40-44)60-8-16-68(125-60)76-24-32-84(133-76)96(116)117/h1-40H,98-101H2,(H,102,103)(H,104,105)(H,106,107)(H,108,109)(H,110,111)(H,112,113)(H,114,115)(H,116,117). The van der Waals surface area contributed by atoms with Gasteiger partial charge in [-0.3, -0.25) is 0 Å². The van der Waals surface area contributed by atoms with Crippen LogP contribution in [0, 0.1) is 0 Å². The first-order valence-corrected chi connectivity index (χ1v) is 52.4. The van der Waals surface area contributed by atoms with E-state index < -0.39 is 53.2 Å². The number of benzene rings is 4. The maximum Gasteiger partial charge on any atom is 0.345 e. The van der Waals surface area contributed by atoms with E-state index in [9.17, 15) is 79.2 Å². The minimum Gasteiger partial charge on any atom is -0.477 e. The Kier molecular flexibility index (Phi) is 23.3. The summed E-state index contributed by atoms with van der Waals surface area (Å²) in [7, 11) is 0. The lowest BCUT2D eigenvalue weighted by atomic mass is 9.62. The summed E-state index contributed by atoms with van der Waals surface area (Å²) in [5.41, 5.74) is 37.6. The molecule has 36 heteroatoms. The molecule has 0 saturated heterocycles. The van der Waals surface area contributed by atoms with Gasteiger partial charge in [0, 0.05) is 184 Å². The average Bonchev–Trinajstić information content (AvgIpc) is 1.00. The van der Waals surface area contributed by atoms with Crippen LogP contribution in [0.5, 0.6) is 0 Å². The number of nitrogens with two attached hydrogens (primary N) is 4. The molecule has 0 radical (unpaired) electrons. The monoisotopic (exact) mass is 2040 g/mol. The van der Waals surface area contributed by atoms with Crippen molar-refractivity contribution in [1.82, 2.24) is 0 Å². The van der Waals surface area contributed by atoms with Gasteiger partial charge in [-0.15, -0.1) is 181 Å². The van der Waals surface area contributed by atoms with E-state index in [1.807, 2.05) is 97.1 Å². The first kappa shape index (κ1) is 88.0. The quantitative estimate of drug-likeness (QED) is 0.0160. The van der Waals surface area contributed by atoms with Gasteiger partial charge in [0.1, 0.15) is 39.0 Å². The van der Waals surface area contributed by atoms with Crippen LogP contribution in [0.25, 0.3) is 162 Å². The highest BCUT2D eigenvalue weighted by molar-refractivity contribution is 7.29. The van der Waals surface area contributed by atoms with E-state index in [4.69, 9.17) is 22.9 Å². The lowest BCUT2D eigenvalue weighted by molar-refractivity contribution is 0.0691. The van der Waals surface area contributed by atoms with E-state index >= 15 is 0 Å². The van der Waals surface area contributed by atoms with Crippen LogP contribution in [0.4, 0.5) is 22.7 Å². The Balaban J connectivity index is 0.984. The zero-order valence-electron chi connectivity index (χ0n) is 67.3. The van der Waals surface area contributed by atoms with Gasteiger partial charge >= 0.3 is 47.8 Å². The van der Waals surface area contributed by atoms with Crippen LogP contribution in [-0.2, 0) is 5.41 Å². The summed E-state index contributed by atoms with van der Waals surface area (Å²) in [6, 6.07) is 73.8. The van der Waals surface area contributed by atoms with Gasteiger partial charge in [0.15, 0.2) is 0 Å². The van der Waals surface area contributed by atoms with Crippen LogP contribution in [0.15, 0.2) is 243 Å². The molecule has 133 heavy (non-hydrogen) atoms. The summed E-state index contributed by atoms with van der Waals surface area (Å²) >= 11 is 19.9. The third-order valence-corrected chi connectivity index (χ3v) is 41.0. The Hall–Kier alpha value is -13.0. The fourth-order valence-electron chi connectivity index (χ4n) is 15.7. The summed E-state index contributed by atoms with van der Waals surface area (Å²) in [5, 5.41) is 83.0. The lowest BCUT2D eigenvalue weighted by Gasteiger charge is -2.40. The first-order chi connectivity index (χ1) is 64.0. The molecule has 0 aliphatic rings. The predicted molar refractivity (Wildman–Crippen MR) is 551 cm³/mol. The van der Waals surface area contributed by atoms with Crippen molar-refractivity contribution in [3.05, 3.63) is 304 Å². The van der Waals surface area contributed by atoms with Crippen molar-refractivity contribution in [1.29, 1.82) is 0 Å². The molecule has 16 heterocycles. The van der Waals surface area contributed by atoms with Gasteiger partial charge in [-0.05, 0) is 265 Å². The number of aromatic carboxylic acids is 8.